The number of aliphatic carboxylic acids is 1. The number of likely N-dealkylation sites (N-methyl/N-ethyl adjacent to an activating group) is 1. The van der Waals surface area contributed by atoms with Crippen LogP contribution in [0.25, 0.3) is 11.1 Å². The highest BCUT2D eigenvalue weighted by molar-refractivity contribution is 5.81. The van der Waals surface area contributed by atoms with Gasteiger partial charge in [-0.2, -0.15) is 0 Å². The number of hydrogen-bond acceptors (Lipinski definition) is 5. The van der Waals surface area contributed by atoms with E-state index in [1.165, 1.54) is 7.05 Å². The van der Waals surface area contributed by atoms with Gasteiger partial charge in [0.2, 0.25) is 0 Å². The first-order chi connectivity index (χ1) is 15.6. The fourth-order valence-electron chi connectivity index (χ4n) is 4.14. The summed E-state index contributed by atoms with van der Waals surface area (Å²) in [6.07, 6.45) is -0.219. The second kappa shape index (κ2) is 10.1. The topological polar surface area (TPSA) is 93.1 Å². The normalized spacial score (nSPS) is 13.6. The Labute approximate surface area is 194 Å². The van der Waals surface area contributed by atoms with Crippen LogP contribution in [0.4, 0.5) is 4.79 Å². The molecule has 2 aromatic rings. The summed E-state index contributed by atoms with van der Waals surface area (Å²) in [6.45, 7) is 5.43. The lowest BCUT2D eigenvalue weighted by Crippen LogP contribution is -2.43. The van der Waals surface area contributed by atoms with Gasteiger partial charge in [0.1, 0.15) is 18.2 Å². The average molecular weight is 454 g/mol. The predicted molar refractivity (Wildman–Crippen MR) is 124 cm³/mol. The summed E-state index contributed by atoms with van der Waals surface area (Å²) >= 11 is 0. The number of nitrogens with zero attached hydrogens (tertiary/aromatic N) is 1. The standard InChI is InChI=1S/C26H31NO6/c1-26(2,3)33-23(28)15-9-14-22(24(29)30)27(4)25(31)32-16-21-19-12-7-5-10-17(19)18-11-6-8-13-20(18)21/h5-8,10-13,21-22H,9,14-16H2,1-4H3,(H,29,30)/t22-/m0/s1. The molecule has 0 heterocycles. The van der Waals surface area contributed by atoms with E-state index in [9.17, 15) is 19.5 Å². The summed E-state index contributed by atoms with van der Waals surface area (Å²) < 4.78 is 10.8. The van der Waals surface area contributed by atoms with E-state index in [1.54, 1.807) is 20.8 Å². The van der Waals surface area contributed by atoms with E-state index in [0.29, 0.717) is 0 Å². The molecular formula is C26H31NO6. The number of fused-ring (bicyclic) bond motifs is 3. The quantitative estimate of drug-likeness (QED) is 0.576. The number of amides is 1. The molecule has 0 bridgehead atoms. The average Bonchev–Trinajstić information content (AvgIpc) is 3.07. The Hall–Kier alpha value is -3.35. The zero-order valence-electron chi connectivity index (χ0n) is 19.5. The number of carbonyl (C=O) groups is 3. The van der Waals surface area contributed by atoms with Gasteiger partial charge in [0, 0.05) is 19.4 Å². The maximum absolute atomic E-state index is 12.7. The second-order valence-electron chi connectivity index (χ2n) is 9.25. The highest BCUT2D eigenvalue weighted by atomic mass is 16.6. The van der Waals surface area contributed by atoms with Gasteiger partial charge in [-0.25, -0.2) is 9.59 Å². The molecule has 1 N–H and O–H groups in total. The SMILES string of the molecule is CN(C(=O)OCC1c2ccccc2-c2ccccc21)[C@@H](CCCC(=O)OC(C)(C)C)C(=O)O. The van der Waals surface area contributed by atoms with Crippen molar-refractivity contribution in [2.45, 2.75) is 57.6 Å². The fraction of sp³-hybridized carbons (Fsp3) is 0.423. The van der Waals surface area contributed by atoms with Crippen LogP contribution in [0.3, 0.4) is 0 Å². The Bertz CT molecular complexity index is 980. The van der Waals surface area contributed by atoms with Gasteiger partial charge in [-0.05, 0) is 55.9 Å². The third-order valence-corrected chi connectivity index (χ3v) is 5.66. The van der Waals surface area contributed by atoms with Crippen LogP contribution >= 0.6 is 0 Å². The van der Waals surface area contributed by atoms with Gasteiger partial charge < -0.3 is 14.6 Å². The third kappa shape index (κ3) is 5.92. The Morgan fingerprint density at radius 2 is 1.55 bits per heavy atom. The van der Waals surface area contributed by atoms with Crippen molar-refractivity contribution >= 4 is 18.0 Å². The number of esters is 1. The molecule has 0 radical (unpaired) electrons. The van der Waals surface area contributed by atoms with Crippen LogP contribution in [0, 0.1) is 0 Å². The summed E-state index contributed by atoms with van der Waals surface area (Å²) in [5.74, 6) is -1.64. The molecule has 1 amide bonds. The minimum atomic E-state index is -1.14. The van der Waals surface area contributed by atoms with Crippen molar-refractivity contribution in [2.24, 2.45) is 0 Å². The molecule has 0 unspecified atom stereocenters. The molecule has 0 saturated heterocycles. The molecule has 2 aromatic carbocycles. The van der Waals surface area contributed by atoms with Crippen molar-refractivity contribution < 1.29 is 29.0 Å². The Morgan fingerprint density at radius 3 is 2.06 bits per heavy atom. The van der Waals surface area contributed by atoms with Crippen molar-refractivity contribution in [3.8, 4) is 11.1 Å². The second-order valence-corrected chi connectivity index (χ2v) is 9.25. The molecule has 7 nitrogen and oxygen atoms in total. The highest BCUT2D eigenvalue weighted by Crippen LogP contribution is 2.44. The molecule has 7 heteroatoms. The molecule has 0 spiro atoms. The summed E-state index contributed by atoms with van der Waals surface area (Å²) in [7, 11) is 1.41. The van der Waals surface area contributed by atoms with E-state index >= 15 is 0 Å². The number of carbonyl (C=O) groups excluding carboxylic acids is 2. The van der Waals surface area contributed by atoms with E-state index in [-0.39, 0.29) is 31.8 Å². The van der Waals surface area contributed by atoms with Gasteiger partial charge in [-0.15, -0.1) is 0 Å². The Morgan fingerprint density at radius 1 is 1.00 bits per heavy atom. The maximum atomic E-state index is 12.7. The lowest BCUT2D eigenvalue weighted by Gasteiger charge is -2.25. The lowest BCUT2D eigenvalue weighted by atomic mass is 9.98. The number of hydrogen-bond donors (Lipinski definition) is 1. The molecule has 0 aromatic heterocycles. The first-order valence-electron chi connectivity index (χ1n) is 11.1. The highest BCUT2D eigenvalue weighted by Gasteiger charge is 2.32. The van der Waals surface area contributed by atoms with E-state index in [0.717, 1.165) is 27.2 Å². The zero-order chi connectivity index (χ0) is 24.2. The molecular weight excluding hydrogens is 422 g/mol. The molecule has 1 aliphatic rings. The van der Waals surface area contributed by atoms with Crippen molar-refractivity contribution in [1.29, 1.82) is 0 Å². The van der Waals surface area contributed by atoms with E-state index in [1.807, 2.05) is 48.5 Å². The van der Waals surface area contributed by atoms with E-state index in [2.05, 4.69) is 0 Å². The van der Waals surface area contributed by atoms with Crippen molar-refractivity contribution in [2.75, 3.05) is 13.7 Å². The largest absolute Gasteiger partial charge is 0.480 e. The van der Waals surface area contributed by atoms with Crippen LogP contribution < -0.4 is 0 Å². The van der Waals surface area contributed by atoms with Gasteiger partial charge >= 0.3 is 18.0 Å². The predicted octanol–water partition coefficient (Wildman–Crippen LogP) is 4.83. The fourth-order valence-corrected chi connectivity index (χ4v) is 4.14. The van der Waals surface area contributed by atoms with Crippen LogP contribution in [-0.2, 0) is 19.1 Å². The van der Waals surface area contributed by atoms with Gasteiger partial charge in [-0.1, -0.05) is 48.5 Å². The maximum Gasteiger partial charge on any atom is 0.410 e. The van der Waals surface area contributed by atoms with Gasteiger partial charge in [0.15, 0.2) is 0 Å². The van der Waals surface area contributed by atoms with Crippen molar-refractivity contribution in [1.82, 2.24) is 4.90 Å². The summed E-state index contributed by atoms with van der Waals surface area (Å²) in [6, 6.07) is 14.9. The molecule has 1 atom stereocenters. The number of rotatable bonds is 8. The van der Waals surface area contributed by atoms with Crippen LogP contribution in [0.2, 0.25) is 0 Å². The zero-order valence-corrected chi connectivity index (χ0v) is 19.5. The Kier molecular flexibility index (Phi) is 7.41. The number of benzene rings is 2. The lowest BCUT2D eigenvalue weighted by molar-refractivity contribution is -0.155. The van der Waals surface area contributed by atoms with E-state index < -0.39 is 29.7 Å². The third-order valence-electron chi connectivity index (χ3n) is 5.66. The van der Waals surface area contributed by atoms with Crippen LogP contribution in [-0.4, -0.2) is 53.3 Å². The monoisotopic (exact) mass is 453 g/mol. The molecule has 1 aliphatic carbocycles. The Balaban J connectivity index is 1.60. The van der Waals surface area contributed by atoms with Crippen LogP contribution in [0.1, 0.15) is 57.1 Å². The number of carboxylic acids is 1. The van der Waals surface area contributed by atoms with Gasteiger partial charge in [0.05, 0.1) is 0 Å². The number of ether oxygens (including phenoxy) is 2. The summed E-state index contributed by atoms with van der Waals surface area (Å²) in [5.41, 5.74) is 3.81. The minimum absolute atomic E-state index is 0.0829. The van der Waals surface area contributed by atoms with Crippen molar-refractivity contribution in [3.63, 3.8) is 0 Å². The molecule has 176 valence electrons. The van der Waals surface area contributed by atoms with Gasteiger partial charge in [0.25, 0.3) is 0 Å². The van der Waals surface area contributed by atoms with Crippen LogP contribution in [0.15, 0.2) is 48.5 Å². The molecule has 3 rings (SSSR count). The van der Waals surface area contributed by atoms with Crippen molar-refractivity contribution in [3.05, 3.63) is 59.7 Å². The minimum Gasteiger partial charge on any atom is -0.480 e. The van der Waals surface area contributed by atoms with Gasteiger partial charge in [-0.3, -0.25) is 9.69 Å². The summed E-state index contributed by atoms with van der Waals surface area (Å²) in [5, 5.41) is 9.62. The smallest absolute Gasteiger partial charge is 0.410 e. The van der Waals surface area contributed by atoms with Crippen LogP contribution in [0.5, 0.6) is 0 Å². The number of carboxylic acid groups (broad SMARTS) is 1. The first kappa shape index (κ1) is 24.3. The molecule has 0 saturated carbocycles. The summed E-state index contributed by atoms with van der Waals surface area (Å²) in [4.78, 5) is 37.5. The first-order valence-corrected chi connectivity index (χ1v) is 11.1. The molecule has 0 aliphatic heterocycles. The molecule has 0 fully saturated rings. The van der Waals surface area contributed by atoms with E-state index in [4.69, 9.17) is 9.47 Å². The molecule has 33 heavy (non-hydrogen) atoms.